The number of rotatable bonds is 16. The number of aliphatic carboxylic acids is 3. The number of nitriles is 1. The maximum atomic E-state index is 13.9. The van der Waals surface area contributed by atoms with Crippen LogP contribution in [0.25, 0.3) is 21.7 Å². The lowest BCUT2D eigenvalue weighted by atomic mass is 10.0. The molecule has 1 atom stereocenters. The minimum Gasteiger partial charge on any atom is -0.493 e. The minimum atomic E-state index is -3.18. The van der Waals surface area contributed by atoms with Crippen molar-refractivity contribution in [3.8, 4) is 11.8 Å². The largest absolute Gasteiger partial charge is 0.493 e. The van der Waals surface area contributed by atoms with Gasteiger partial charge in [0, 0.05) is 114 Å². The van der Waals surface area contributed by atoms with Crippen LogP contribution in [-0.4, -0.2) is 233 Å². The summed E-state index contributed by atoms with van der Waals surface area (Å²) in [6.45, 7) is 3.58. The van der Waals surface area contributed by atoms with E-state index < -0.39 is 61.2 Å². The number of aromatic nitrogens is 1. The summed E-state index contributed by atoms with van der Waals surface area (Å²) in [5.74, 6) is -7.24. The van der Waals surface area contributed by atoms with E-state index >= 15 is 0 Å². The molecule has 0 spiro atoms. The smallest absolute Gasteiger partial charge is 0.317 e. The Morgan fingerprint density at radius 1 is 0.727 bits per heavy atom. The van der Waals surface area contributed by atoms with Crippen molar-refractivity contribution < 1.29 is 57.6 Å². The van der Waals surface area contributed by atoms with Gasteiger partial charge in [-0.25, -0.2) is 8.78 Å². The third-order valence-corrected chi connectivity index (χ3v) is 12.1. The number of carboxylic acids is 3. The number of halogens is 2. The molecule has 3 fully saturated rings. The second-order valence-electron chi connectivity index (χ2n) is 16.8. The summed E-state index contributed by atoms with van der Waals surface area (Å²) in [5, 5.41) is 42.3. The molecule has 0 saturated carbocycles. The lowest BCUT2D eigenvalue weighted by Gasteiger charge is -2.37. The standard InChI is InChI=1S/C44H56F2N10O10/c45-44(46)23-31(24-47)56(30-44)37(57)25-49-43(65)34-6-7-48-42-33-5-2-1-4-32(33)36(22-35(34)42)66-21-3-8-50-17-19-55(20-18-50)38(58)26-51-9-11-52(27-39(59)60)13-15-54(29-41(63)64)16-14-53(12-10-51)28-40(61)62/h1-2,4-7,22,31H,3,8-21,23,25-30H2,(H,49,65)(H,59,60)(H,61,62)(H,63,64)/t31-/m0/s1. The zero-order chi connectivity index (χ0) is 47.4. The fourth-order valence-corrected chi connectivity index (χ4v) is 8.58. The number of hydrogen-bond donors (Lipinski definition) is 4. The molecular formula is C44H56F2N10O10. The third kappa shape index (κ3) is 13.7. The van der Waals surface area contributed by atoms with Crippen LogP contribution in [0, 0.1) is 11.3 Å². The number of carbonyl (C=O) groups excluding carboxylic acids is 3. The average Bonchev–Trinajstić information content (AvgIpc) is 3.61. The van der Waals surface area contributed by atoms with E-state index in [1.54, 1.807) is 31.7 Å². The summed E-state index contributed by atoms with van der Waals surface area (Å²) in [6, 6.07) is 11.1. The number of piperazine rings is 1. The van der Waals surface area contributed by atoms with Crippen molar-refractivity contribution in [1.82, 2.24) is 44.6 Å². The normalized spacial score (nSPS) is 19.7. The topological polar surface area (TPSA) is 244 Å². The van der Waals surface area contributed by atoms with E-state index in [0.29, 0.717) is 88.6 Å². The van der Waals surface area contributed by atoms with Crippen LogP contribution < -0.4 is 10.1 Å². The zero-order valence-electron chi connectivity index (χ0n) is 36.7. The maximum absolute atomic E-state index is 13.9. The molecule has 1 aromatic heterocycles. The molecule has 0 unspecified atom stereocenters. The van der Waals surface area contributed by atoms with Gasteiger partial charge in [0.05, 0.1) is 63.0 Å². The van der Waals surface area contributed by atoms with Gasteiger partial charge in [-0.05, 0) is 18.6 Å². The number of amides is 3. The van der Waals surface area contributed by atoms with Gasteiger partial charge in [-0.3, -0.25) is 58.3 Å². The SMILES string of the molecule is N#C[C@@H]1CC(F)(F)CN1C(=O)CNC(=O)c1ccnc2c1cc(OCCCN1CCN(C(=O)CN3CCN(CC(=O)O)CCN(CC(=O)O)CCN(CC(=O)O)CC3)CC1)c1ccccc12. The van der Waals surface area contributed by atoms with Crippen LogP contribution in [0.4, 0.5) is 8.78 Å². The number of carbonyl (C=O) groups is 6. The molecule has 20 nitrogen and oxygen atoms in total. The number of alkyl halides is 2. The first-order chi connectivity index (χ1) is 31.6. The molecule has 3 amide bonds. The Balaban J connectivity index is 1.02. The van der Waals surface area contributed by atoms with Crippen molar-refractivity contribution >= 4 is 57.3 Å². The van der Waals surface area contributed by atoms with Crippen LogP contribution >= 0.6 is 0 Å². The number of likely N-dealkylation sites (tertiary alicyclic amines) is 1. The number of nitrogens with zero attached hydrogens (tertiary/aromatic N) is 9. The van der Waals surface area contributed by atoms with Crippen molar-refractivity contribution in [3.05, 3.63) is 48.2 Å². The molecular weight excluding hydrogens is 867 g/mol. The van der Waals surface area contributed by atoms with E-state index in [-0.39, 0.29) is 63.8 Å². The average molecular weight is 923 g/mol. The highest BCUT2D eigenvalue weighted by Gasteiger charge is 2.47. The highest BCUT2D eigenvalue weighted by atomic mass is 19.3. The van der Waals surface area contributed by atoms with Crippen molar-refractivity contribution in [2.75, 3.05) is 131 Å². The summed E-state index contributed by atoms with van der Waals surface area (Å²) in [5.41, 5.74) is 0.733. The molecule has 3 saturated heterocycles. The molecule has 6 rings (SSSR count). The van der Waals surface area contributed by atoms with E-state index in [0.717, 1.165) is 15.7 Å². The van der Waals surface area contributed by atoms with Gasteiger partial charge < -0.3 is 35.2 Å². The summed E-state index contributed by atoms with van der Waals surface area (Å²) in [7, 11) is 0. The van der Waals surface area contributed by atoms with Crippen LogP contribution in [-0.2, 0) is 24.0 Å². The summed E-state index contributed by atoms with van der Waals surface area (Å²) in [4.78, 5) is 91.1. The second-order valence-corrected chi connectivity index (χ2v) is 16.8. The van der Waals surface area contributed by atoms with Gasteiger partial charge in [0.25, 0.3) is 11.8 Å². The number of carboxylic acid groups (broad SMARTS) is 3. The van der Waals surface area contributed by atoms with E-state index in [2.05, 4.69) is 15.2 Å². The third-order valence-electron chi connectivity index (χ3n) is 12.1. The fourth-order valence-electron chi connectivity index (χ4n) is 8.58. The summed E-state index contributed by atoms with van der Waals surface area (Å²) >= 11 is 0. The molecule has 0 aliphatic carbocycles. The maximum Gasteiger partial charge on any atom is 0.317 e. The molecule has 4 N–H and O–H groups in total. The van der Waals surface area contributed by atoms with Gasteiger partial charge in [-0.15, -0.1) is 0 Å². The molecule has 66 heavy (non-hydrogen) atoms. The highest BCUT2D eigenvalue weighted by Crippen LogP contribution is 2.34. The molecule has 0 radical (unpaired) electrons. The Labute approximate surface area is 379 Å². The molecule has 0 bridgehead atoms. The fraction of sp³-hybridized carbons (Fsp3) is 0.545. The van der Waals surface area contributed by atoms with Crippen LogP contribution in [0.2, 0.25) is 0 Å². The quantitative estimate of drug-likeness (QED) is 0.111. The first-order valence-electron chi connectivity index (χ1n) is 21.9. The number of fused-ring (bicyclic) bond motifs is 3. The van der Waals surface area contributed by atoms with Crippen LogP contribution in [0.15, 0.2) is 42.6 Å². The molecule has 22 heteroatoms. The molecule has 3 aromatic rings. The van der Waals surface area contributed by atoms with Crippen LogP contribution in [0.5, 0.6) is 5.75 Å². The number of nitrogens with one attached hydrogen (secondary N) is 1. The second kappa shape index (κ2) is 22.9. The van der Waals surface area contributed by atoms with E-state index in [4.69, 9.17) is 4.74 Å². The molecule has 3 aliphatic heterocycles. The number of pyridine rings is 1. The van der Waals surface area contributed by atoms with Crippen molar-refractivity contribution in [1.29, 1.82) is 5.26 Å². The van der Waals surface area contributed by atoms with Gasteiger partial charge in [-0.1, -0.05) is 24.3 Å². The molecule has 356 valence electrons. The van der Waals surface area contributed by atoms with Crippen molar-refractivity contribution in [2.24, 2.45) is 0 Å². The van der Waals surface area contributed by atoms with Crippen LogP contribution in [0.1, 0.15) is 23.2 Å². The predicted octanol–water partition coefficient (Wildman–Crippen LogP) is 0.266. The number of benzene rings is 2. The molecule has 2 aromatic carbocycles. The molecule has 4 heterocycles. The lowest BCUT2D eigenvalue weighted by Crippen LogP contribution is -2.53. The van der Waals surface area contributed by atoms with Crippen LogP contribution in [0.3, 0.4) is 0 Å². The zero-order valence-corrected chi connectivity index (χ0v) is 36.7. The molecule has 3 aliphatic rings. The van der Waals surface area contributed by atoms with Gasteiger partial charge in [0.15, 0.2) is 0 Å². The van der Waals surface area contributed by atoms with Crippen molar-refractivity contribution in [3.63, 3.8) is 0 Å². The van der Waals surface area contributed by atoms with E-state index in [1.807, 2.05) is 29.2 Å². The van der Waals surface area contributed by atoms with Gasteiger partial charge in [0.2, 0.25) is 11.8 Å². The van der Waals surface area contributed by atoms with E-state index in [9.17, 15) is 58.1 Å². The Morgan fingerprint density at radius 3 is 1.80 bits per heavy atom. The monoisotopic (exact) mass is 922 g/mol. The number of hydrogen-bond acceptors (Lipinski definition) is 14. The lowest BCUT2D eigenvalue weighted by molar-refractivity contribution is -0.141. The Bertz CT molecular complexity index is 2260. The van der Waals surface area contributed by atoms with Gasteiger partial charge >= 0.3 is 17.9 Å². The van der Waals surface area contributed by atoms with Gasteiger partial charge in [0.1, 0.15) is 11.8 Å². The minimum absolute atomic E-state index is 0.0698. The Hall–Kier alpha value is -6.12. The number of ether oxygens (including phenoxy) is 1. The predicted molar refractivity (Wildman–Crippen MR) is 234 cm³/mol. The van der Waals surface area contributed by atoms with E-state index in [1.165, 1.54) is 12.3 Å². The summed E-state index contributed by atoms with van der Waals surface area (Å²) < 4.78 is 34.2. The summed E-state index contributed by atoms with van der Waals surface area (Å²) in [6.07, 6.45) is 1.36. The Morgan fingerprint density at radius 2 is 1.26 bits per heavy atom. The first kappa shape index (κ1) is 49.3. The van der Waals surface area contributed by atoms with Crippen molar-refractivity contribution in [2.45, 2.75) is 24.8 Å². The first-order valence-corrected chi connectivity index (χ1v) is 21.9. The highest BCUT2D eigenvalue weighted by molar-refractivity contribution is 6.15. The Kier molecular flexibility index (Phi) is 17.1. The van der Waals surface area contributed by atoms with Gasteiger partial charge in [-0.2, -0.15) is 5.26 Å².